The van der Waals surface area contributed by atoms with E-state index in [-0.39, 0.29) is 29.3 Å². The first kappa shape index (κ1) is 36.0. The molecule has 2 aliphatic rings. The Morgan fingerprint density at radius 2 is 1.68 bits per heavy atom. The van der Waals surface area contributed by atoms with E-state index in [2.05, 4.69) is 9.97 Å². The number of carbonyl (C=O) groups is 1. The molecule has 0 spiro atoms. The van der Waals surface area contributed by atoms with E-state index in [1.165, 1.54) is 0 Å². The van der Waals surface area contributed by atoms with Gasteiger partial charge in [-0.3, -0.25) is 14.6 Å². The van der Waals surface area contributed by atoms with Gasteiger partial charge in [0.1, 0.15) is 18.5 Å². The van der Waals surface area contributed by atoms with Gasteiger partial charge in [0.05, 0.1) is 38.2 Å². The Labute approximate surface area is 308 Å². The monoisotopic (exact) mass is 716 g/mol. The Morgan fingerprint density at radius 3 is 2.42 bits per heavy atom. The molecule has 2 saturated heterocycles. The molecule has 3 aromatic heterocycles. The van der Waals surface area contributed by atoms with Crippen molar-refractivity contribution in [3.8, 4) is 45.0 Å². The molecule has 2 aliphatic heterocycles. The van der Waals surface area contributed by atoms with Crippen molar-refractivity contribution in [2.24, 2.45) is 5.92 Å². The second-order valence-electron chi connectivity index (χ2n) is 13.6. The van der Waals surface area contributed by atoms with Crippen LogP contribution in [-0.4, -0.2) is 73.2 Å². The van der Waals surface area contributed by atoms with Crippen molar-refractivity contribution in [2.75, 3.05) is 52.5 Å². The number of ether oxygens (including phenoxy) is 5. The van der Waals surface area contributed by atoms with Crippen molar-refractivity contribution in [2.45, 2.75) is 38.8 Å². The summed E-state index contributed by atoms with van der Waals surface area (Å²) in [7, 11) is 1.60. The van der Waals surface area contributed by atoms with E-state index in [1.807, 2.05) is 78.4 Å². The summed E-state index contributed by atoms with van der Waals surface area (Å²) in [6.45, 7) is 6.15. The van der Waals surface area contributed by atoms with Gasteiger partial charge in [0, 0.05) is 67.7 Å². The first-order chi connectivity index (χ1) is 25.8. The summed E-state index contributed by atoms with van der Waals surface area (Å²) in [5.41, 5.74) is 12.3. The van der Waals surface area contributed by atoms with Gasteiger partial charge in [0.2, 0.25) is 0 Å². The van der Waals surface area contributed by atoms with Crippen LogP contribution in [0.25, 0.3) is 33.5 Å². The van der Waals surface area contributed by atoms with Crippen molar-refractivity contribution in [3.63, 3.8) is 0 Å². The maximum absolute atomic E-state index is 13.8. The number of pyridine rings is 3. The molecule has 0 radical (unpaired) electrons. The van der Waals surface area contributed by atoms with Crippen LogP contribution < -0.4 is 20.6 Å². The molecule has 11 nitrogen and oxygen atoms in total. The molecule has 11 heteroatoms. The molecule has 0 unspecified atom stereocenters. The van der Waals surface area contributed by atoms with E-state index in [1.54, 1.807) is 25.7 Å². The number of rotatable bonds is 12. The average molecular weight is 717 g/mol. The van der Waals surface area contributed by atoms with Crippen LogP contribution >= 0.6 is 0 Å². The molecule has 274 valence electrons. The number of ketones is 1. The highest BCUT2D eigenvalue weighted by Crippen LogP contribution is 2.35. The minimum Gasteiger partial charge on any atom is -0.493 e. The van der Waals surface area contributed by atoms with Crippen LogP contribution in [0.15, 0.2) is 90.2 Å². The molecule has 5 heterocycles. The van der Waals surface area contributed by atoms with E-state index in [4.69, 9.17) is 29.4 Å². The summed E-state index contributed by atoms with van der Waals surface area (Å²) in [5, 5.41) is 0. The molecule has 2 aromatic carbocycles. The van der Waals surface area contributed by atoms with Gasteiger partial charge >= 0.3 is 0 Å². The van der Waals surface area contributed by atoms with Gasteiger partial charge in [-0.2, -0.15) is 0 Å². The lowest BCUT2D eigenvalue weighted by Crippen LogP contribution is -2.33. The Bertz CT molecular complexity index is 2100. The zero-order chi connectivity index (χ0) is 36.7. The lowest BCUT2D eigenvalue weighted by Gasteiger charge is -2.23. The lowest BCUT2D eigenvalue weighted by molar-refractivity contribution is -0.101. The molecular formula is C42H44N4O7. The van der Waals surface area contributed by atoms with Crippen LogP contribution in [0.4, 0.5) is 5.82 Å². The fraction of sp³-hybridized carbons (Fsp3) is 0.333. The number of aromatic nitrogens is 3. The Morgan fingerprint density at radius 1 is 0.868 bits per heavy atom. The number of nitrogens with two attached hydrogens (primary N) is 1. The maximum atomic E-state index is 13.8. The first-order valence-electron chi connectivity index (χ1n) is 18.0. The van der Waals surface area contributed by atoms with Crippen molar-refractivity contribution in [1.82, 2.24) is 14.5 Å². The van der Waals surface area contributed by atoms with Crippen molar-refractivity contribution < 1.29 is 28.5 Å². The van der Waals surface area contributed by atoms with Gasteiger partial charge in [-0.1, -0.05) is 42.0 Å². The molecule has 2 N–H and O–H groups in total. The summed E-state index contributed by atoms with van der Waals surface area (Å²) >= 11 is 0. The Balaban J connectivity index is 1.09. The molecule has 0 bridgehead atoms. The van der Waals surface area contributed by atoms with Gasteiger partial charge in [-0.25, -0.2) is 4.98 Å². The van der Waals surface area contributed by atoms with Crippen LogP contribution in [0.5, 0.6) is 11.5 Å². The fourth-order valence-electron chi connectivity index (χ4n) is 6.69. The number of nitrogen functional groups attached to an aromatic ring is 1. The molecular weight excluding hydrogens is 672 g/mol. The third-order valence-corrected chi connectivity index (χ3v) is 9.74. The van der Waals surface area contributed by atoms with Crippen LogP contribution in [0, 0.1) is 12.8 Å². The summed E-state index contributed by atoms with van der Waals surface area (Å²) < 4.78 is 30.3. The molecule has 7 rings (SSSR count). The van der Waals surface area contributed by atoms with Crippen LogP contribution in [0.3, 0.4) is 0 Å². The number of carbonyl (C=O) groups excluding carboxylic acids is 1. The number of hydrogen-bond donors (Lipinski definition) is 1. The van der Waals surface area contributed by atoms with Crippen molar-refractivity contribution in [1.29, 1.82) is 0 Å². The maximum Gasteiger partial charge on any atom is 0.200 e. The fourth-order valence-corrected chi connectivity index (χ4v) is 6.69. The largest absolute Gasteiger partial charge is 0.493 e. The normalized spacial score (nSPS) is 16.3. The van der Waals surface area contributed by atoms with Gasteiger partial charge in [0.25, 0.3) is 0 Å². The molecule has 0 saturated carbocycles. The van der Waals surface area contributed by atoms with Gasteiger partial charge < -0.3 is 34.0 Å². The number of methoxy groups -OCH3 is 1. The quantitative estimate of drug-likeness (QED) is 0.149. The third-order valence-electron chi connectivity index (χ3n) is 9.74. The second-order valence-corrected chi connectivity index (χ2v) is 13.6. The van der Waals surface area contributed by atoms with Crippen LogP contribution in [-0.2, 0) is 27.2 Å². The summed E-state index contributed by atoms with van der Waals surface area (Å²) in [4.78, 5) is 36.7. The minimum absolute atomic E-state index is 0.0268. The van der Waals surface area contributed by atoms with Gasteiger partial charge in [-0.05, 0) is 66.6 Å². The summed E-state index contributed by atoms with van der Waals surface area (Å²) in [6.07, 6.45) is 8.73. The molecule has 5 aromatic rings. The molecule has 0 aliphatic carbocycles. The van der Waals surface area contributed by atoms with E-state index in [0.29, 0.717) is 78.6 Å². The Kier molecular flexibility index (Phi) is 11.2. The van der Waals surface area contributed by atoms with E-state index in [0.717, 1.165) is 48.3 Å². The topological polar surface area (TPSA) is 137 Å². The molecule has 0 amide bonds. The summed E-state index contributed by atoms with van der Waals surface area (Å²) in [6, 6.07) is 19.1. The highest BCUT2D eigenvalue weighted by molar-refractivity contribution is 5.98. The Hall–Kier alpha value is -5.36. The third kappa shape index (κ3) is 8.65. The number of hydrogen-bond acceptors (Lipinski definition) is 10. The second kappa shape index (κ2) is 16.5. The highest BCUT2D eigenvalue weighted by atomic mass is 16.6. The van der Waals surface area contributed by atoms with Crippen LogP contribution in [0.1, 0.15) is 34.3 Å². The number of nitrogens with zero attached hydrogens (tertiary/aromatic N) is 3. The molecule has 1 atom stereocenters. The number of aryl methyl sites for hydroxylation is 1. The first-order valence-corrected chi connectivity index (χ1v) is 18.0. The van der Waals surface area contributed by atoms with Crippen molar-refractivity contribution in [3.05, 3.63) is 112 Å². The number of anilines is 1. The zero-order valence-electron chi connectivity index (χ0n) is 30.1. The van der Waals surface area contributed by atoms with Crippen LogP contribution in [0.2, 0.25) is 0 Å². The highest BCUT2D eigenvalue weighted by Gasteiger charge is 2.21. The number of Topliss-reactive ketones (excluding diaryl/α,β-unsaturated/α-hetero) is 1. The molecule has 53 heavy (non-hydrogen) atoms. The van der Waals surface area contributed by atoms with E-state index in [9.17, 15) is 9.59 Å². The zero-order valence-corrected chi connectivity index (χ0v) is 30.1. The van der Waals surface area contributed by atoms with Crippen molar-refractivity contribution >= 4 is 11.6 Å². The summed E-state index contributed by atoms with van der Waals surface area (Å²) in [5.74, 6) is 1.65. The smallest absolute Gasteiger partial charge is 0.200 e. The van der Waals surface area contributed by atoms with E-state index < -0.39 is 0 Å². The average Bonchev–Trinajstić information content (AvgIpc) is 3.19. The standard InChI is InChI=1S/C42H44N4O7/c1-27-3-6-30(7-4-27)35-23-46(22-28-11-13-50-14-12-28)24-36(41(35)48)38(47)17-29-5-9-37(44-20-29)34-18-32(21-45-42(34)43)31-8-10-39(40(19-31)49-2)53-26-33-25-51-15-16-52-33/h3-10,18-21,23-24,28,33H,11-17,22,25-26H2,1-2H3,(H2,43,45)/t33-/m1/s1. The van der Waals surface area contributed by atoms with Gasteiger partial charge in [-0.15, -0.1) is 0 Å². The van der Waals surface area contributed by atoms with E-state index >= 15 is 0 Å². The predicted octanol–water partition coefficient (Wildman–Crippen LogP) is 6.18. The lowest BCUT2D eigenvalue weighted by atomic mass is 9.97. The van der Waals surface area contributed by atoms with Gasteiger partial charge in [0.15, 0.2) is 22.7 Å². The number of benzene rings is 2. The minimum atomic E-state index is -0.272. The SMILES string of the molecule is COc1cc(-c2cnc(N)c(-c3ccc(CC(=O)c4cn(CC5CCOCC5)cc(-c5ccc(C)cc5)c4=O)cn3)c2)ccc1OC[C@H]1COCCO1. The predicted molar refractivity (Wildman–Crippen MR) is 202 cm³/mol. The molecule has 2 fully saturated rings.